The Morgan fingerprint density at radius 2 is 2.21 bits per heavy atom. The first-order valence-electron chi connectivity index (χ1n) is 3.65. The fourth-order valence-corrected chi connectivity index (χ4v) is 1.20. The molecule has 1 rings (SSSR count). The van der Waals surface area contributed by atoms with Crippen LogP contribution in [0.3, 0.4) is 0 Å². The molecule has 0 saturated carbocycles. The molecule has 76 valence electrons. The highest BCUT2D eigenvalue weighted by atomic mass is 35.5. The van der Waals surface area contributed by atoms with E-state index in [2.05, 4.69) is 4.98 Å². The standard InChI is InChI=1S/C8H6ClF2NO2/c9-6-2-4(3-7(13)14)1-5(12-6)8(10)11/h1-2,8H,3H2,(H,13,14). The van der Waals surface area contributed by atoms with Crippen molar-refractivity contribution in [1.29, 1.82) is 0 Å². The molecule has 0 fully saturated rings. The van der Waals surface area contributed by atoms with Crippen LogP contribution < -0.4 is 0 Å². The van der Waals surface area contributed by atoms with E-state index in [-0.39, 0.29) is 17.1 Å². The van der Waals surface area contributed by atoms with Gasteiger partial charge < -0.3 is 5.11 Å². The number of aliphatic carboxylic acids is 1. The number of carboxylic acid groups (broad SMARTS) is 1. The average molecular weight is 222 g/mol. The first-order valence-corrected chi connectivity index (χ1v) is 4.03. The Bertz CT molecular complexity index is 357. The quantitative estimate of drug-likeness (QED) is 0.797. The van der Waals surface area contributed by atoms with Gasteiger partial charge in [0.2, 0.25) is 0 Å². The molecule has 0 aromatic carbocycles. The van der Waals surface area contributed by atoms with E-state index in [9.17, 15) is 13.6 Å². The number of halogens is 3. The second kappa shape index (κ2) is 4.32. The first kappa shape index (κ1) is 10.8. The van der Waals surface area contributed by atoms with Crippen molar-refractivity contribution in [3.8, 4) is 0 Å². The van der Waals surface area contributed by atoms with Gasteiger partial charge in [0.05, 0.1) is 6.42 Å². The van der Waals surface area contributed by atoms with E-state index in [4.69, 9.17) is 16.7 Å². The molecule has 6 heteroatoms. The maximum atomic E-state index is 12.2. The summed E-state index contributed by atoms with van der Waals surface area (Å²) >= 11 is 5.44. The molecule has 0 bridgehead atoms. The summed E-state index contributed by atoms with van der Waals surface area (Å²) in [6.45, 7) is 0. The van der Waals surface area contributed by atoms with Crippen molar-refractivity contribution >= 4 is 17.6 Å². The predicted octanol–water partition coefficient (Wildman–Crippen LogP) is 2.30. The molecule has 3 nitrogen and oxygen atoms in total. The van der Waals surface area contributed by atoms with Gasteiger partial charge in [0.1, 0.15) is 10.8 Å². The molecular formula is C8H6ClF2NO2. The molecular weight excluding hydrogens is 216 g/mol. The summed E-state index contributed by atoms with van der Waals surface area (Å²) in [6.07, 6.45) is -3.09. The minimum absolute atomic E-state index is 0.126. The van der Waals surface area contributed by atoms with Crippen molar-refractivity contribution in [3.05, 3.63) is 28.5 Å². The van der Waals surface area contributed by atoms with E-state index in [1.54, 1.807) is 0 Å². The third kappa shape index (κ3) is 2.92. The molecule has 1 aromatic rings. The van der Waals surface area contributed by atoms with Gasteiger partial charge in [-0.3, -0.25) is 4.79 Å². The largest absolute Gasteiger partial charge is 0.481 e. The van der Waals surface area contributed by atoms with E-state index >= 15 is 0 Å². The van der Waals surface area contributed by atoms with Crippen LogP contribution >= 0.6 is 11.6 Å². The summed E-state index contributed by atoms with van der Waals surface area (Å²) in [4.78, 5) is 13.7. The van der Waals surface area contributed by atoms with Gasteiger partial charge in [-0.15, -0.1) is 0 Å². The number of carbonyl (C=O) groups is 1. The number of alkyl halides is 2. The second-order valence-corrected chi connectivity index (χ2v) is 2.98. The van der Waals surface area contributed by atoms with E-state index in [1.807, 2.05) is 0 Å². The van der Waals surface area contributed by atoms with Crippen LogP contribution in [-0.2, 0) is 11.2 Å². The molecule has 0 radical (unpaired) electrons. The monoisotopic (exact) mass is 221 g/mol. The van der Waals surface area contributed by atoms with Crippen LogP contribution in [0.4, 0.5) is 8.78 Å². The molecule has 0 unspecified atom stereocenters. The molecule has 0 aliphatic rings. The second-order valence-electron chi connectivity index (χ2n) is 2.59. The Balaban J connectivity index is 3.01. The lowest BCUT2D eigenvalue weighted by molar-refractivity contribution is -0.136. The molecule has 0 spiro atoms. The molecule has 0 aliphatic heterocycles. The molecule has 1 heterocycles. The first-order chi connectivity index (χ1) is 6.49. The van der Waals surface area contributed by atoms with Crippen LogP contribution in [0.25, 0.3) is 0 Å². The lowest BCUT2D eigenvalue weighted by atomic mass is 10.2. The Labute approximate surface area is 83.3 Å². The van der Waals surface area contributed by atoms with Gasteiger partial charge in [-0.2, -0.15) is 0 Å². The van der Waals surface area contributed by atoms with E-state index in [1.165, 1.54) is 6.07 Å². The summed E-state index contributed by atoms with van der Waals surface area (Å²) in [5.41, 5.74) is -0.290. The van der Waals surface area contributed by atoms with Gasteiger partial charge in [0.25, 0.3) is 6.43 Å². The summed E-state index contributed by atoms with van der Waals surface area (Å²) in [5, 5.41) is 8.31. The lowest BCUT2D eigenvalue weighted by Gasteiger charge is -2.02. The van der Waals surface area contributed by atoms with Crippen LogP contribution in [0.5, 0.6) is 0 Å². The van der Waals surface area contributed by atoms with E-state index < -0.39 is 18.1 Å². The Hall–Kier alpha value is -1.23. The average Bonchev–Trinajstić information content (AvgIpc) is 2.01. The van der Waals surface area contributed by atoms with Crippen molar-refractivity contribution in [2.75, 3.05) is 0 Å². The third-order valence-electron chi connectivity index (χ3n) is 1.45. The van der Waals surface area contributed by atoms with Crippen LogP contribution in [0.1, 0.15) is 17.7 Å². The highest BCUT2D eigenvalue weighted by Crippen LogP contribution is 2.20. The topological polar surface area (TPSA) is 50.2 Å². The molecule has 1 N–H and O–H groups in total. The normalized spacial score (nSPS) is 10.6. The number of hydrogen-bond donors (Lipinski definition) is 1. The third-order valence-corrected chi connectivity index (χ3v) is 1.65. The Morgan fingerprint density at radius 3 is 2.71 bits per heavy atom. The predicted molar refractivity (Wildman–Crippen MR) is 45.5 cm³/mol. The zero-order chi connectivity index (χ0) is 10.7. The summed E-state index contributed by atoms with van der Waals surface area (Å²) in [6, 6.07) is 2.28. The Morgan fingerprint density at radius 1 is 1.57 bits per heavy atom. The minimum Gasteiger partial charge on any atom is -0.481 e. The highest BCUT2D eigenvalue weighted by Gasteiger charge is 2.12. The summed E-state index contributed by atoms with van der Waals surface area (Å²) in [7, 11) is 0. The molecule has 14 heavy (non-hydrogen) atoms. The zero-order valence-electron chi connectivity index (χ0n) is 6.88. The fraction of sp³-hybridized carbons (Fsp3) is 0.250. The maximum absolute atomic E-state index is 12.2. The number of pyridine rings is 1. The van der Waals surface area contributed by atoms with Crippen molar-refractivity contribution in [2.24, 2.45) is 0 Å². The molecule has 0 saturated heterocycles. The van der Waals surface area contributed by atoms with Gasteiger partial charge in [-0.25, -0.2) is 13.8 Å². The maximum Gasteiger partial charge on any atom is 0.307 e. The van der Waals surface area contributed by atoms with Crippen molar-refractivity contribution in [1.82, 2.24) is 4.98 Å². The number of carboxylic acids is 1. The van der Waals surface area contributed by atoms with Gasteiger partial charge in [0, 0.05) is 0 Å². The van der Waals surface area contributed by atoms with Crippen molar-refractivity contribution in [2.45, 2.75) is 12.8 Å². The van der Waals surface area contributed by atoms with E-state index in [0.717, 1.165) is 6.07 Å². The molecule has 1 aromatic heterocycles. The SMILES string of the molecule is O=C(O)Cc1cc(Cl)nc(C(F)F)c1. The van der Waals surface area contributed by atoms with Crippen molar-refractivity contribution < 1.29 is 18.7 Å². The summed E-state index contributed by atoms with van der Waals surface area (Å²) < 4.78 is 24.4. The van der Waals surface area contributed by atoms with Crippen molar-refractivity contribution in [3.63, 3.8) is 0 Å². The zero-order valence-corrected chi connectivity index (χ0v) is 7.63. The lowest BCUT2D eigenvalue weighted by Crippen LogP contribution is -2.02. The molecule has 0 amide bonds. The van der Waals surface area contributed by atoms with Crippen LogP contribution in [0.15, 0.2) is 12.1 Å². The minimum atomic E-state index is -2.75. The number of nitrogens with zero attached hydrogens (tertiary/aromatic N) is 1. The van der Waals surface area contributed by atoms with Gasteiger partial charge in [-0.1, -0.05) is 11.6 Å². The number of aromatic nitrogens is 1. The summed E-state index contributed by atoms with van der Waals surface area (Å²) in [5.74, 6) is -1.10. The number of hydrogen-bond acceptors (Lipinski definition) is 2. The Kier molecular flexibility index (Phi) is 3.35. The van der Waals surface area contributed by atoms with Crippen LogP contribution in [0.2, 0.25) is 5.15 Å². The van der Waals surface area contributed by atoms with Crippen LogP contribution in [-0.4, -0.2) is 16.1 Å². The molecule has 0 atom stereocenters. The van der Waals surface area contributed by atoms with Gasteiger partial charge in [0.15, 0.2) is 0 Å². The van der Waals surface area contributed by atoms with Crippen LogP contribution in [0, 0.1) is 0 Å². The smallest absolute Gasteiger partial charge is 0.307 e. The van der Waals surface area contributed by atoms with Gasteiger partial charge >= 0.3 is 5.97 Å². The highest BCUT2D eigenvalue weighted by molar-refractivity contribution is 6.29. The fourth-order valence-electron chi connectivity index (χ4n) is 0.961. The number of rotatable bonds is 3. The van der Waals surface area contributed by atoms with E-state index in [0.29, 0.717) is 0 Å². The van der Waals surface area contributed by atoms with Gasteiger partial charge in [-0.05, 0) is 17.7 Å². The molecule has 0 aliphatic carbocycles.